The number of fused-ring (bicyclic) bond motifs is 2. The highest BCUT2D eigenvalue weighted by Gasteiger charge is 2.25. The molecule has 0 spiro atoms. The van der Waals surface area contributed by atoms with Gasteiger partial charge in [0.15, 0.2) is 5.78 Å². The van der Waals surface area contributed by atoms with Gasteiger partial charge in [-0.1, -0.05) is 92.6 Å². The number of nitrogens with two attached hydrogens (primary N) is 1. The second kappa shape index (κ2) is 12.9. The lowest BCUT2D eigenvalue weighted by Crippen LogP contribution is -2.05. The number of rotatable bonds is 7. The van der Waals surface area contributed by atoms with Gasteiger partial charge in [0, 0.05) is 25.6 Å². The van der Waals surface area contributed by atoms with Crippen molar-refractivity contribution in [1.82, 2.24) is 0 Å². The van der Waals surface area contributed by atoms with Gasteiger partial charge in [-0.2, -0.15) is 0 Å². The standard InChI is InChI=1S/C38H34Br2N2O2/c1-21(27-7-5-9-29-32(40)18-20-34(42)38(27)29)11-13-25-14-15-26(37(25)36(23(3)43)24(4)44)16-19-33(41)30-10-6-8-28-31(39)17-12-22(2)35(28)30/h5-13,16-20,41,43H,14-15,42H2,1-4H3/b19-16?,21-11-,25-13+,36-23?,41-33?. The minimum atomic E-state index is -0.198. The van der Waals surface area contributed by atoms with Crippen LogP contribution in [0.1, 0.15) is 50.3 Å². The van der Waals surface area contributed by atoms with Crippen LogP contribution in [0.15, 0.2) is 122 Å². The van der Waals surface area contributed by atoms with Crippen molar-refractivity contribution in [3.63, 3.8) is 0 Å². The fraction of sp³-hybridized carbons (Fsp3) is 0.158. The molecule has 0 radical (unpaired) electrons. The summed E-state index contributed by atoms with van der Waals surface area (Å²) in [5.74, 6) is -0.209. The Hall–Kier alpha value is -4.00. The molecule has 0 heterocycles. The lowest BCUT2D eigenvalue weighted by atomic mass is 9.92. The first-order valence-corrected chi connectivity index (χ1v) is 16.0. The van der Waals surface area contributed by atoms with Crippen LogP contribution in [-0.4, -0.2) is 16.6 Å². The molecule has 4 N–H and O–H groups in total. The number of hydrogen-bond donors (Lipinski definition) is 3. The molecule has 0 aliphatic heterocycles. The zero-order chi connectivity index (χ0) is 31.7. The third-order valence-electron chi connectivity index (χ3n) is 8.19. The number of aryl methyl sites for hydroxylation is 1. The number of nitrogens with one attached hydrogen (secondary N) is 1. The molecule has 1 aliphatic carbocycles. The Morgan fingerprint density at radius 1 is 0.886 bits per heavy atom. The van der Waals surface area contributed by atoms with E-state index in [2.05, 4.69) is 70.0 Å². The SMILES string of the molecule is CC(=O)C(=C(C)O)C1=C(C=CC(=N)c2cccc3c(Br)ccc(C)c23)CC/C1=C\C=C(\C)c1cccc2c(Br)ccc(N)c12. The van der Waals surface area contributed by atoms with Crippen LogP contribution < -0.4 is 5.73 Å². The van der Waals surface area contributed by atoms with Crippen molar-refractivity contribution in [2.45, 2.75) is 40.5 Å². The number of benzene rings is 4. The highest BCUT2D eigenvalue weighted by molar-refractivity contribution is 9.11. The molecule has 5 rings (SSSR count). The summed E-state index contributed by atoms with van der Waals surface area (Å²) in [6, 6.07) is 20.1. The van der Waals surface area contributed by atoms with Crippen molar-refractivity contribution >= 4 is 76.2 Å². The van der Waals surface area contributed by atoms with Crippen LogP contribution in [0, 0.1) is 12.3 Å². The number of halogens is 2. The van der Waals surface area contributed by atoms with Crippen LogP contribution in [0.2, 0.25) is 0 Å². The number of hydrogen-bond acceptors (Lipinski definition) is 4. The first-order chi connectivity index (χ1) is 21.0. The van der Waals surface area contributed by atoms with Gasteiger partial charge < -0.3 is 16.2 Å². The van der Waals surface area contributed by atoms with Crippen LogP contribution in [0.3, 0.4) is 0 Å². The minimum Gasteiger partial charge on any atom is -0.512 e. The zero-order valence-corrected chi connectivity index (χ0v) is 28.4. The molecule has 222 valence electrons. The Bertz CT molecular complexity index is 2020. The first-order valence-electron chi connectivity index (χ1n) is 14.4. The summed E-state index contributed by atoms with van der Waals surface area (Å²) in [6.07, 6.45) is 9.23. The summed E-state index contributed by atoms with van der Waals surface area (Å²) >= 11 is 7.29. The van der Waals surface area contributed by atoms with Gasteiger partial charge in [0.25, 0.3) is 0 Å². The molecular weight excluding hydrogens is 676 g/mol. The van der Waals surface area contributed by atoms with Gasteiger partial charge in [-0.15, -0.1) is 0 Å². The van der Waals surface area contributed by atoms with Gasteiger partial charge >= 0.3 is 0 Å². The van der Waals surface area contributed by atoms with Crippen molar-refractivity contribution in [3.8, 4) is 0 Å². The molecule has 0 saturated heterocycles. The summed E-state index contributed by atoms with van der Waals surface area (Å²) in [6.45, 7) is 7.14. The number of nitrogen functional groups attached to an aromatic ring is 1. The van der Waals surface area contributed by atoms with Gasteiger partial charge in [-0.3, -0.25) is 4.79 Å². The quantitative estimate of drug-likeness (QED) is 0.0772. The molecule has 0 amide bonds. The molecule has 0 unspecified atom stereocenters. The van der Waals surface area contributed by atoms with E-state index in [1.165, 1.54) is 6.92 Å². The Morgan fingerprint density at radius 3 is 2.18 bits per heavy atom. The van der Waals surface area contributed by atoms with Crippen molar-refractivity contribution in [2.24, 2.45) is 0 Å². The second-order valence-corrected chi connectivity index (χ2v) is 12.9. The third kappa shape index (κ3) is 6.01. The van der Waals surface area contributed by atoms with E-state index < -0.39 is 0 Å². The van der Waals surface area contributed by atoms with Gasteiger partial charge in [-0.25, -0.2) is 0 Å². The Balaban J connectivity index is 1.59. The van der Waals surface area contributed by atoms with E-state index in [0.717, 1.165) is 69.5 Å². The number of ketones is 1. The maximum absolute atomic E-state index is 12.8. The van der Waals surface area contributed by atoms with Crippen molar-refractivity contribution in [2.75, 3.05) is 5.73 Å². The van der Waals surface area contributed by atoms with E-state index in [1.54, 1.807) is 13.0 Å². The Kier molecular flexibility index (Phi) is 9.23. The maximum Gasteiger partial charge on any atom is 0.163 e. The van der Waals surface area contributed by atoms with E-state index in [1.807, 2.05) is 54.6 Å². The van der Waals surface area contributed by atoms with Crippen LogP contribution >= 0.6 is 31.9 Å². The molecule has 1 aliphatic rings. The molecule has 0 atom stereocenters. The largest absolute Gasteiger partial charge is 0.512 e. The van der Waals surface area contributed by atoms with E-state index in [9.17, 15) is 9.90 Å². The highest BCUT2D eigenvalue weighted by Crippen LogP contribution is 2.40. The van der Waals surface area contributed by atoms with Crippen LogP contribution in [0.25, 0.3) is 27.1 Å². The van der Waals surface area contributed by atoms with E-state index in [0.29, 0.717) is 29.8 Å². The molecule has 6 heteroatoms. The first kappa shape index (κ1) is 31.4. The number of Topliss-reactive ketones (excluding diaryl/α,β-unsaturated/α-hetero) is 1. The average Bonchev–Trinajstić information content (AvgIpc) is 3.39. The van der Waals surface area contributed by atoms with E-state index in [4.69, 9.17) is 11.1 Å². The highest BCUT2D eigenvalue weighted by atomic mass is 79.9. The molecule has 0 bridgehead atoms. The monoisotopic (exact) mass is 708 g/mol. The molecular formula is C38H34Br2N2O2. The van der Waals surface area contributed by atoms with Gasteiger partial charge in [-0.05, 0) is 114 Å². The normalized spacial score (nSPS) is 15.6. The second-order valence-electron chi connectivity index (χ2n) is 11.2. The number of anilines is 1. The fourth-order valence-electron chi connectivity index (χ4n) is 6.08. The Morgan fingerprint density at radius 2 is 1.52 bits per heavy atom. The van der Waals surface area contributed by atoms with Crippen molar-refractivity contribution in [1.29, 1.82) is 5.41 Å². The lowest BCUT2D eigenvalue weighted by Gasteiger charge is -2.13. The minimum absolute atomic E-state index is 0.0109. The summed E-state index contributed by atoms with van der Waals surface area (Å²) in [7, 11) is 0. The number of carbonyl (C=O) groups is 1. The van der Waals surface area contributed by atoms with E-state index in [-0.39, 0.29) is 11.5 Å². The fourth-order valence-corrected chi connectivity index (χ4v) is 7.00. The predicted octanol–water partition coefficient (Wildman–Crippen LogP) is 10.9. The summed E-state index contributed by atoms with van der Waals surface area (Å²) in [5, 5.41) is 23.7. The van der Waals surface area contributed by atoms with Crippen LogP contribution in [0.5, 0.6) is 0 Å². The maximum atomic E-state index is 12.8. The topological polar surface area (TPSA) is 87.2 Å². The number of carbonyl (C=O) groups excluding carboxylic acids is 1. The molecule has 4 aromatic carbocycles. The van der Waals surface area contributed by atoms with Crippen molar-refractivity contribution < 1.29 is 9.90 Å². The van der Waals surface area contributed by atoms with Gasteiger partial charge in [0.2, 0.25) is 0 Å². The zero-order valence-electron chi connectivity index (χ0n) is 25.2. The number of aliphatic hydroxyl groups excluding tert-OH is 1. The summed E-state index contributed by atoms with van der Waals surface area (Å²) < 4.78 is 1.97. The van der Waals surface area contributed by atoms with Crippen LogP contribution in [-0.2, 0) is 4.79 Å². The third-order valence-corrected chi connectivity index (χ3v) is 9.57. The summed E-state index contributed by atoms with van der Waals surface area (Å²) in [4.78, 5) is 12.8. The number of allylic oxidation sites excluding steroid dienone is 10. The smallest absolute Gasteiger partial charge is 0.163 e. The molecule has 44 heavy (non-hydrogen) atoms. The van der Waals surface area contributed by atoms with Crippen LogP contribution in [0.4, 0.5) is 5.69 Å². The van der Waals surface area contributed by atoms with Gasteiger partial charge in [0.05, 0.1) is 11.3 Å². The average molecular weight is 711 g/mol. The molecule has 0 saturated carbocycles. The molecule has 4 nitrogen and oxygen atoms in total. The van der Waals surface area contributed by atoms with Gasteiger partial charge in [0.1, 0.15) is 5.76 Å². The summed E-state index contributed by atoms with van der Waals surface area (Å²) in [5.41, 5.74) is 14.4. The molecule has 0 fully saturated rings. The lowest BCUT2D eigenvalue weighted by molar-refractivity contribution is -0.113. The predicted molar refractivity (Wildman–Crippen MR) is 192 cm³/mol. The molecule has 4 aromatic rings. The molecule has 0 aromatic heterocycles. The van der Waals surface area contributed by atoms with E-state index >= 15 is 0 Å². The Labute approximate surface area is 275 Å². The van der Waals surface area contributed by atoms with Crippen molar-refractivity contribution in [3.05, 3.63) is 139 Å². The number of aliphatic hydroxyl groups is 1.